The highest BCUT2D eigenvalue weighted by Crippen LogP contribution is 2.18. The van der Waals surface area contributed by atoms with Crippen molar-refractivity contribution < 1.29 is 4.79 Å². The van der Waals surface area contributed by atoms with E-state index < -0.39 is 0 Å². The predicted molar refractivity (Wildman–Crippen MR) is 48.7 cm³/mol. The van der Waals surface area contributed by atoms with Gasteiger partial charge in [-0.15, -0.1) is 0 Å². The first-order valence-electron chi connectivity index (χ1n) is 4.63. The summed E-state index contributed by atoms with van der Waals surface area (Å²) in [6.45, 7) is 1.50. The molecule has 0 unspecified atom stereocenters. The summed E-state index contributed by atoms with van der Waals surface area (Å²) in [4.78, 5) is 19.3. The topological polar surface area (TPSA) is 42.9 Å². The maximum atomic E-state index is 11.0. The van der Waals surface area contributed by atoms with Gasteiger partial charge in [-0.1, -0.05) is 0 Å². The van der Waals surface area contributed by atoms with E-state index in [9.17, 15) is 4.79 Å². The van der Waals surface area contributed by atoms with Crippen LogP contribution in [0.1, 0.15) is 41.6 Å². The molecule has 0 bridgehead atoms. The third-order valence-corrected chi connectivity index (χ3v) is 2.38. The molecule has 13 heavy (non-hydrogen) atoms. The minimum atomic E-state index is -0.0478. The Kier molecular flexibility index (Phi) is 2.08. The fraction of sp³-hybridized carbons (Fsp3) is 0.500. The van der Waals surface area contributed by atoms with E-state index in [1.807, 2.05) is 0 Å². The molecule has 0 saturated heterocycles. The molecule has 0 radical (unpaired) electrons. The highest BCUT2D eigenvalue weighted by atomic mass is 16.1. The van der Waals surface area contributed by atoms with Crippen molar-refractivity contribution in [1.82, 2.24) is 9.97 Å². The van der Waals surface area contributed by atoms with Crippen molar-refractivity contribution in [2.24, 2.45) is 0 Å². The van der Waals surface area contributed by atoms with Gasteiger partial charge in [0.2, 0.25) is 0 Å². The van der Waals surface area contributed by atoms with E-state index in [4.69, 9.17) is 0 Å². The number of carbonyl (C=O) groups excluding carboxylic acids is 1. The van der Waals surface area contributed by atoms with E-state index in [1.165, 1.54) is 25.3 Å². The van der Waals surface area contributed by atoms with Crippen molar-refractivity contribution in [3.63, 3.8) is 0 Å². The van der Waals surface area contributed by atoms with Gasteiger partial charge in [0.05, 0.1) is 0 Å². The molecule has 1 aromatic heterocycles. The molecule has 0 N–H and O–H groups in total. The molecule has 1 aliphatic rings. The first-order valence-corrected chi connectivity index (χ1v) is 4.63. The van der Waals surface area contributed by atoms with Crippen LogP contribution in [0, 0.1) is 0 Å². The van der Waals surface area contributed by atoms with Crippen LogP contribution < -0.4 is 0 Å². The van der Waals surface area contributed by atoms with Crippen LogP contribution in [-0.4, -0.2) is 15.8 Å². The molecular weight excluding hydrogens is 164 g/mol. The van der Waals surface area contributed by atoms with Crippen LogP contribution in [0.15, 0.2) is 6.20 Å². The molecule has 2 rings (SSSR count). The van der Waals surface area contributed by atoms with Gasteiger partial charge in [-0.2, -0.15) is 0 Å². The van der Waals surface area contributed by atoms with E-state index in [2.05, 4.69) is 9.97 Å². The van der Waals surface area contributed by atoms with Gasteiger partial charge in [0.15, 0.2) is 11.6 Å². The minimum Gasteiger partial charge on any atom is -0.291 e. The Balaban J connectivity index is 2.40. The first kappa shape index (κ1) is 8.35. The summed E-state index contributed by atoms with van der Waals surface area (Å²) in [5.74, 6) is 0.314. The smallest absolute Gasteiger partial charge is 0.196 e. The van der Waals surface area contributed by atoms with Crippen LogP contribution in [0.4, 0.5) is 0 Å². The molecule has 0 aromatic carbocycles. The van der Waals surface area contributed by atoms with Gasteiger partial charge >= 0.3 is 0 Å². The lowest BCUT2D eigenvalue weighted by molar-refractivity contribution is 0.100. The maximum absolute atomic E-state index is 11.0. The highest BCUT2D eigenvalue weighted by Gasteiger charge is 2.13. The number of carbonyl (C=O) groups is 1. The fourth-order valence-electron chi connectivity index (χ4n) is 1.64. The molecule has 68 valence electrons. The average molecular weight is 176 g/mol. The molecule has 0 aliphatic heterocycles. The third kappa shape index (κ3) is 1.59. The zero-order valence-electron chi connectivity index (χ0n) is 7.71. The summed E-state index contributed by atoms with van der Waals surface area (Å²) >= 11 is 0. The van der Waals surface area contributed by atoms with Crippen LogP contribution in [0.5, 0.6) is 0 Å². The van der Waals surface area contributed by atoms with Gasteiger partial charge in [0, 0.05) is 18.8 Å². The molecule has 3 heteroatoms. The van der Waals surface area contributed by atoms with E-state index in [-0.39, 0.29) is 5.78 Å². The van der Waals surface area contributed by atoms with Crippen molar-refractivity contribution in [2.75, 3.05) is 0 Å². The van der Waals surface area contributed by atoms with E-state index in [0.29, 0.717) is 5.82 Å². The lowest BCUT2D eigenvalue weighted by Gasteiger charge is -2.13. The molecule has 0 fully saturated rings. The van der Waals surface area contributed by atoms with Crippen molar-refractivity contribution >= 4 is 5.78 Å². The van der Waals surface area contributed by atoms with Gasteiger partial charge in [-0.05, 0) is 31.2 Å². The molecule has 1 heterocycles. The fourth-order valence-corrected chi connectivity index (χ4v) is 1.64. The molecule has 0 saturated carbocycles. The second-order valence-electron chi connectivity index (χ2n) is 3.43. The van der Waals surface area contributed by atoms with Crippen LogP contribution >= 0.6 is 0 Å². The van der Waals surface area contributed by atoms with E-state index >= 15 is 0 Å². The quantitative estimate of drug-likeness (QED) is 0.610. The van der Waals surface area contributed by atoms with Gasteiger partial charge in [0.25, 0.3) is 0 Å². The van der Waals surface area contributed by atoms with Crippen molar-refractivity contribution in [2.45, 2.75) is 32.6 Å². The van der Waals surface area contributed by atoms with Crippen molar-refractivity contribution in [3.05, 3.63) is 23.3 Å². The van der Waals surface area contributed by atoms with Crippen LogP contribution in [0.3, 0.4) is 0 Å². The Labute approximate surface area is 77.2 Å². The second kappa shape index (κ2) is 3.24. The Morgan fingerprint density at radius 3 is 2.92 bits per heavy atom. The summed E-state index contributed by atoms with van der Waals surface area (Å²) in [5, 5.41) is 0. The van der Waals surface area contributed by atoms with Crippen LogP contribution in [-0.2, 0) is 12.8 Å². The Morgan fingerprint density at radius 2 is 2.15 bits per heavy atom. The lowest BCUT2D eigenvalue weighted by Crippen LogP contribution is -2.10. The number of aryl methyl sites for hydroxylation is 2. The summed E-state index contributed by atoms with van der Waals surface area (Å²) in [6.07, 6.45) is 6.26. The SMILES string of the molecule is CC(=O)c1ncc2c(n1)CCCC2. The predicted octanol–water partition coefficient (Wildman–Crippen LogP) is 1.56. The summed E-state index contributed by atoms with van der Waals surface area (Å²) in [7, 11) is 0. The lowest BCUT2D eigenvalue weighted by atomic mass is 9.97. The van der Waals surface area contributed by atoms with Crippen LogP contribution in [0.25, 0.3) is 0 Å². The highest BCUT2D eigenvalue weighted by molar-refractivity contribution is 5.90. The molecule has 0 amide bonds. The van der Waals surface area contributed by atoms with Gasteiger partial charge in [-0.25, -0.2) is 9.97 Å². The number of nitrogens with zero attached hydrogens (tertiary/aromatic N) is 2. The monoisotopic (exact) mass is 176 g/mol. The van der Waals surface area contributed by atoms with Gasteiger partial charge < -0.3 is 0 Å². The normalized spacial score (nSPS) is 15.2. The van der Waals surface area contributed by atoms with Crippen LogP contribution in [0.2, 0.25) is 0 Å². The second-order valence-corrected chi connectivity index (χ2v) is 3.43. The number of ketones is 1. The standard InChI is InChI=1S/C10H12N2O/c1-7(13)10-11-6-8-4-2-3-5-9(8)12-10/h6H,2-5H2,1H3. The number of hydrogen-bond acceptors (Lipinski definition) is 3. The van der Waals surface area contributed by atoms with Gasteiger partial charge in [-0.3, -0.25) is 4.79 Å². The third-order valence-electron chi connectivity index (χ3n) is 2.38. The van der Waals surface area contributed by atoms with Gasteiger partial charge in [0.1, 0.15) is 0 Å². The van der Waals surface area contributed by atoms with E-state index in [1.54, 1.807) is 6.20 Å². The first-order chi connectivity index (χ1) is 6.27. The molecular formula is C10H12N2O. The molecule has 0 spiro atoms. The summed E-state index contributed by atoms with van der Waals surface area (Å²) in [6, 6.07) is 0. The van der Waals surface area contributed by atoms with Crippen molar-refractivity contribution in [3.8, 4) is 0 Å². The Hall–Kier alpha value is -1.25. The number of Topliss-reactive ketones (excluding diaryl/α,β-unsaturated/α-hetero) is 1. The average Bonchev–Trinajstić information content (AvgIpc) is 2.17. The van der Waals surface area contributed by atoms with E-state index in [0.717, 1.165) is 18.5 Å². The molecule has 1 aromatic rings. The molecule has 0 atom stereocenters. The Morgan fingerprint density at radius 1 is 1.38 bits per heavy atom. The molecule has 1 aliphatic carbocycles. The molecule has 3 nitrogen and oxygen atoms in total. The maximum Gasteiger partial charge on any atom is 0.196 e. The zero-order chi connectivity index (χ0) is 9.26. The summed E-state index contributed by atoms with van der Waals surface area (Å²) in [5.41, 5.74) is 2.29. The summed E-state index contributed by atoms with van der Waals surface area (Å²) < 4.78 is 0. The Bertz CT molecular complexity index is 347. The number of aromatic nitrogens is 2. The minimum absolute atomic E-state index is 0.0478. The number of rotatable bonds is 1. The zero-order valence-corrected chi connectivity index (χ0v) is 7.71. The van der Waals surface area contributed by atoms with Crippen molar-refractivity contribution in [1.29, 1.82) is 0 Å². The number of hydrogen-bond donors (Lipinski definition) is 0. The number of fused-ring (bicyclic) bond motifs is 1. The largest absolute Gasteiger partial charge is 0.291 e.